The van der Waals surface area contributed by atoms with E-state index in [4.69, 9.17) is 0 Å². The summed E-state index contributed by atoms with van der Waals surface area (Å²) in [5.41, 5.74) is 0. The minimum atomic E-state index is -3.29. The molecule has 1 aromatic heterocycles. The van der Waals surface area contributed by atoms with Crippen LogP contribution in [0.2, 0.25) is 0 Å². The Bertz CT molecular complexity index is 507. The van der Waals surface area contributed by atoms with Crippen LogP contribution < -0.4 is 10.0 Å². The van der Waals surface area contributed by atoms with Crippen LogP contribution in [0.1, 0.15) is 31.6 Å². The Labute approximate surface area is 113 Å². The Morgan fingerprint density at radius 2 is 2.42 bits per heavy atom. The van der Waals surface area contributed by atoms with Crippen LogP contribution >= 0.6 is 0 Å². The minimum absolute atomic E-state index is 0.169. The maximum atomic E-state index is 12.1. The second-order valence-electron chi connectivity index (χ2n) is 5.13. The van der Waals surface area contributed by atoms with E-state index in [0.717, 1.165) is 25.9 Å². The zero-order valence-electron chi connectivity index (χ0n) is 11.3. The number of aryl methyl sites for hydroxylation is 1. The summed E-state index contributed by atoms with van der Waals surface area (Å²) in [6.45, 7) is 3.54. The van der Waals surface area contributed by atoms with Crippen LogP contribution in [0.25, 0.3) is 0 Å². The van der Waals surface area contributed by atoms with Crippen LogP contribution in [0.15, 0.2) is 6.33 Å². The van der Waals surface area contributed by atoms with Gasteiger partial charge in [-0.3, -0.25) is 0 Å². The third-order valence-corrected chi connectivity index (χ3v) is 4.97. The van der Waals surface area contributed by atoms with E-state index in [0.29, 0.717) is 5.82 Å². The van der Waals surface area contributed by atoms with E-state index >= 15 is 0 Å². The summed E-state index contributed by atoms with van der Waals surface area (Å²) < 4.78 is 28.6. The molecule has 2 rings (SSSR count). The molecule has 2 unspecified atom stereocenters. The highest BCUT2D eigenvalue weighted by atomic mass is 32.2. The SMILES string of the molecule is CC(NS(=O)(=O)CC1CCCNC1)c1nncn1C. The van der Waals surface area contributed by atoms with E-state index in [-0.39, 0.29) is 17.7 Å². The van der Waals surface area contributed by atoms with Crippen molar-refractivity contribution in [3.05, 3.63) is 12.2 Å². The minimum Gasteiger partial charge on any atom is -0.319 e. The molecule has 7 nitrogen and oxygen atoms in total. The van der Waals surface area contributed by atoms with Crippen molar-refractivity contribution in [1.29, 1.82) is 0 Å². The lowest BCUT2D eigenvalue weighted by Crippen LogP contribution is -2.38. The van der Waals surface area contributed by atoms with Gasteiger partial charge in [-0.25, -0.2) is 13.1 Å². The second kappa shape index (κ2) is 5.98. The van der Waals surface area contributed by atoms with Gasteiger partial charge in [0, 0.05) is 7.05 Å². The molecule has 0 spiro atoms. The van der Waals surface area contributed by atoms with Crippen LogP contribution in [0, 0.1) is 5.92 Å². The molecule has 0 aromatic carbocycles. The van der Waals surface area contributed by atoms with Crippen LogP contribution in [-0.2, 0) is 17.1 Å². The Hall–Kier alpha value is -0.990. The van der Waals surface area contributed by atoms with Crippen LogP contribution in [0.3, 0.4) is 0 Å². The highest BCUT2D eigenvalue weighted by Gasteiger charge is 2.24. The van der Waals surface area contributed by atoms with Gasteiger partial charge in [0.1, 0.15) is 12.2 Å². The molecule has 1 aliphatic heterocycles. The summed E-state index contributed by atoms with van der Waals surface area (Å²) in [6.07, 6.45) is 3.57. The number of rotatable bonds is 5. The Morgan fingerprint density at radius 1 is 1.63 bits per heavy atom. The number of nitrogens with zero attached hydrogens (tertiary/aromatic N) is 3. The lowest BCUT2D eigenvalue weighted by molar-refractivity contribution is 0.401. The largest absolute Gasteiger partial charge is 0.319 e. The summed E-state index contributed by atoms with van der Waals surface area (Å²) in [4.78, 5) is 0. The molecule has 1 aromatic rings. The van der Waals surface area contributed by atoms with Crippen LogP contribution in [0.5, 0.6) is 0 Å². The third kappa shape index (κ3) is 3.99. The maximum absolute atomic E-state index is 12.1. The molecular weight excluding hydrogens is 266 g/mol. The maximum Gasteiger partial charge on any atom is 0.212 e. The summed E-state index contributed by atoms with van der Waals surface area (Å²) >= 11 is 0. The van der Waals surface area contributed by atoms with Gasteiger partial charge >= 0.3 is 0 Å². The molecule has 0 saturated carbocycles. The molecule has 0 aliphatic carbocycles. The topological polar surface area (TPSA) is 88.9 Å². The molecule has 8 heteroatoms. The van der Waals surface area contributed by atoms with Gasteiger partial charge in [-0.05, 0) is 38.8 Å². The Kier molecular flexibility index (Phi) is 4.54. The monoisotopic (exact) mass is 287 g/mol. The third-order valence-electron chi connectivity index (χ3n) is 3.34. The standard InChI is InChI=1S/C11H21N5O2S/c1-9(11-14-13-8-16(11)2)15-19(17,18)7-10-4-3-5-12-6-10/h8-10,12,15H,3-7H2,1-2H3. The fraction of sp³-hybridized carbons (Fsp3) is 0.818. The Morgan fingerprint density at radius 3 is 3.00 bits per heavy atom. The van der Waals surface area contributed by atoms with Crippen LogP contribution in [-0.4, -0.2) is 42.0 Å². The van der Waals surface area contributed by atoms with Crippen molar-refractivity contribution in [3.8, 4) is 0 Å². The fourth-order valence-corrected chi connectivity index (χ4v) is 4.08. The van der Waals surface area contributed by atoms with Gasteiger partial charge in [-0.1, -0.05) is 0 Å². The first-order valence-electron chi connectivity index (χ1n) is 6.52. The van der Waals surface area contributed by atoms with Gasteiger partial charge in [0.05, 0.1) is 11.8 Å². The number of hydrogen-bond donors (Lipinski definition) is 2. The molecule has 1 saturated heterocycles. The molecule has 0 amide bonds. The van der Waals surface area contributed by atoms with Crippen molar-refractivity contribution >= 4 is 10.0 Å². The van der Waals surface area contributed by atoms with E-state index in [2.05, 4.69) is 20.2 Å². The number of aromatic nitrogens is 3. The summed E-state index contributed by atoms with van der Waals surface area (Å²) in [7, 11) is -1.50. The van der Waals surface area contributed by atoms with E-state index in [9.17, 15) is 8.42 Å². The van der Waals surface area contributed by atoms with E-state index in [1.54, 1.807) is 24.9 Å². The predicted octanol–water partition coefficient (Wildman–Crippen LogP) is -0.205. The first kappa shape index (κ1) is 14.4. The molecule has 1 aliphatic rings. The van der Waals surface area contributed by atoms with Gasteiger partial charge in [0.2, 0.25) is 10.0 Å². The molecule has 1 fully saturated rings. The van der Waals surface area contributed by atoms with Gasteiger partial charge in [-0.15, -0.1) is 10.2 Å². The zero-order valence-corrected chi connectivity index (χ0v) is 12.2. The average molecular weight is 287 g/mol. The van der Waals surface area contributed by atoms with Gasteiger partial charge in [0.25, 0.3) is 0 Å². The summed E-state index contributed by atoms with van der Waals surface area (Å²) in [5.74, 6) is 0.977. The molecule has 2 heterocycles. The fourth-order valence-electron chi connectivity index (χ4n) is 2.43. The number of piperidine rings is 1. The average Bonchev–Trinajstić information content (AvgIpc) is 2.75. The first-order chi connectivity index (χ1) is 8.98. The number of sulfonamides is 1. The summed E-state index contributed by atoms with van der Waals surface area (Å²) in [6, 6.07) is -0.367. The van der Waals surface area contributed by atoms with Crippen LogP contribution in [0.4, 0.5) is 0 Å². The van der Waals surface area contributed by atoms with Gasteiger partial charge < -0.3 is 9.88 Å². The number of hydrogen-bond acceptors (Lipinski definition) is 5. The lowest BCUT2D eigenvalue weighted by atomic mass is 10.0. The molecular formula is C11H21N5O2S. The molecule has 2 N–H and O–H groups in total. The molecule has 0 radical (unpaired) electrons. The van der Waals surface area contributed by atoms with E-state index in [1.165, 1.54) is 0 Å². The van der Waals surface area contributed by atoms with Crippen molar-refractivity contribution in [2.75, 3.05) is 18.8 Å². The quantitative estimate of drug-likeness (QED) is 0.782. The van der Waals surface area contributed by atoms with Crippen molar-refractivity contribution in [3.63, 3.8) is 0 Å². The zero-order chi connectivity index (χ0) is 13.9. The molecule has 108 valence electrons. The molecule has 0 bridgehead atoms. The highest BCUT2D eigenvalue weighted by molar-refractivity contribution is 7.89. The first-order valence-corrected chi connectivity index (χ1v) is 8.18. The Balaban J connectivity index is 1.95. The summed E-state index contributed by atoms with van der Waals surface area (Å²) in [5, 5.41) is 10.9. The highest BCUT2D eigenvalue weighted by Crippen LogP contribution is 2.14. The van der Waals surface area contributed by atoms with Gasteiger partial charge in [0.15, 0.2) is 0 Å². The molecule has 2 atom stereocenters. The van der Waals surface area contributed by atoms with Crippen molar-refractivity contribution in [2.45, 2.75) is 25.8 Å². The van der Waals surface area contributed by atoms with E-state index < -0.39 is 10.0 Å². The lowest BCUT2D eigenvalue weighted by Gasteiger charge is -2.23. The van der Waals surface area contributed by atoms with Crippen molar-refractivity contribution in [1.82, 2.24) is 24.8 Å². The molecule has 19 heavy (non-hydrogen) atoms. The van der Waals surface area contributed by atoms with Crippen molar-refractivity contribution < 1.29 is 8.42 Å². The predicted molar refractivity (Wildman–Crippen MR) is 71.9 cm³/mol. The normalized spacial score (nSPS) is 22.3. The smallest absolute Gasteiger partial charge is 0.212 e. The second-order valence-corrected chi connectivity index (χ2v) is 6.93. The van der Waals surface area contributed by atoms with E-state index in [1.807, 2.05) is 0 Å². The number of nitrogens with one attached hydrogen (secondary N) is 2. The van der Waals surface area contributed by atoms with Crippen molar-refractivity contribution in [2.24, 2.45) is 13.0 Å². The van der Waals surface area contributed by atoms with Gasteiger partial charge in [-0.2, -0.15) is 0 Å².